The Bertz CT molecular complexity index is 548. The van der Waals surface area contributed by atoms with Crippen molar-refractivity contribution in [2.75, 3.05) is 5.75 Å². The molecule has 0 atom stereocenters. The number of hydrogen-bond donors (Lipinski definition) is 1. The molecule has 7 heteroatoms. The number of amides is 1. The third-order valence-electron chi connectivity index (χ3n) is 2.01. The summed E-state index contributed by atoms with van der Waals surface area (Å²) in [5, 5.41) is 3.68. The highest BCUT2D eigenvalue weighted by molar-refractivity contribution is 8.01. The third kappa shape index (κ3) is 3.66. The Kier molecular flexibility index (Phi) is 4.51. The summed E-state index contributed by atoms with van der Waals surface area (Å²) in [6, 6.07) is 3.67. The van der Waals surface area contributed by atoms with Crippen LogP contribution in [0.1, 0.15) is 15.4 Å². The summed E-state index contributed by atoms with van der Waals surface area (Å²) in [5.41, 5.74) is 5.75. The van der Waals surface area contributed by atoms with Crippen molar-refractivity contribution >= 4 is 46.1 Å². The fourth-order valence-electron chi connectivity index (χ4n) is 1.25. The van der Waals surface area contributed by atoms with Crippen LogP contribution in [0, 0.1) is 0 Å². The Balaban J connectivity index is 1.88. The van der Waals surface area contributed by atoms with Crippen LogP contribution >= 0.6 is 34.4 Å². The minimum absolute atomic E-state index is 0.0988. The highest BCUT2D eigenvalue weighted by Crippen LogP contribution is 2.24. The number of thiophene rings is 1. The van der Waals surface area contributed by atoms with Crippen LogP contribution in [0.4, 0.5) is 0 Å². The quantitative estimate of drug-likeness (QED) is 0.655. The molecule has 0 fully saturated rings. The standard InChI is InChI=1S/C11H10N2O2S3/c12-10(15)4-7-5-17-11(13-7)18-6-8(14)9-2-1-3-16-9/h1-3,5H,4,6H2,(H2,12,15). The molecule has 0 bridgehead atoms. The smallest absolute Gasteiger partial charge is 0.223 e. The zero-order chi connectivity index (χ0) is 13.0. The summed E-state index contributed by atoms with van der Waals surface area (Å²) >= 11 is 4.25. The lowest BCUT2D eigenvalue weighted by Crippen LogP contribution is -2.13. The molecule has 0 aromatic carbocycles. The predicted octanol–water partition coefficient (Wildman–Crippen LogP) is 2.21. The second-order valence-electron chi connectivity index (χ2n) is 3.44. The van der Waals surface area contributed by atoms with Gasteiger partial charge in [-0.15, -0.1) is 22.7 Å². The van der Waals surface area contributed by atoms with E-state index in [9.17, 15) is 9.59 Å². The molecule has 0 aliphatic carbocycles. The van der Waals surface area contributed by atoms with Crippen molar-refractivity contribution in [3.05, 3.63) is 33.5 Å². The van der Waals surface area contributed by atoms with Gasteiger partial charge < -0.3 is 5.73 Å². The third-order valence-corrected chi connectivity index (χ3v) is 4.99. The van der Waals surface area contributed by atoms with Crippen LogP contribution < -0.4 is 5.73 Å². The van der Waals surface area contributed by atoms with Gasteiger partial charge in [-0.05, 0) is 11.4 Å². The van der Waals surface area contributed by atoms with Gasteiger partial charge in [-0.25, -0.2) is 4.98 Å². The van der Waals surface area contributed by atoms with Crippen LogP contribution in [0.5, 0.6) is 0 Å². The zero-order valence-electron chi connectivity index (χ0n) is 9.29. The highest BCUT2D eigenvalue weighted by atomic mass is 32.2. The number of primary amides is 1. The second kappa shape index (κ2) is 6.12. The highest BCUT2D eigenvalue weighted by Gasteiger charge is 2.10. The van der Waals surface area contributed by atoms with Crippen molar-refractivity contribution in [2.45, 2.75) is 10.8 Å². The van der Waals surface area contributed by atoms with E-state index < -0.39 is 5.91 Å². The summed E-state index contributed by atoms with van der Waals surface area (Å²) in [5.74, 6) is 0.0671. The molecule has 1 amide bonds. The zero-order valence-corrected chi connectivity index (χ0v) is 11.7. The van der Waals surface area contributed by atoms with Gasteiger partial charge in [0, 0.05) is 5.38 Å². The average molecular weight is 298 g/mol. The number of ketones is 1. The number of aromatic nitrogens is 1. The van der Waals surface area contributed by atoms with Crippen molar-refractivity contribution in [1.82, 2.24) is 4.98 Å². The molecule has 2 aromatic rings. The van der Waals surface area contributed by atoms with Crippen molar-refractivity contribution in [1.29, 1.82) is 0 Å². The molecule has 0 radical (unpaired) electrons. The number of hydrogen-bond acceptors (Lipinski definition) is 6. The Hall–Kier alpha value is -1.18. The maximum Gasteiger partial charge on any atom is 0.223 e. The first kappa shape index (κ1) is 13.3. The van der Waals surface area contributed by atoms with Crippen LogP contribution in [0.3, 0.4) is 0 Å². The normalized spacial score (nSPS) is 10.4. The Labute approximate surface area is 116 Å². The summed E-state index contributed by atoms with van der Waals surface area (Å²) < 4.78 is 0.788. The van der Waals surface area contributed by atoms with Gasteiger partial charge >= 0.3 is 0 Å². The van der Waals surface area contributed by atoms with Gasteiger partial charge in [-0.2, -0.15) is 0 Å². The van der Waals surface area contributed by atoms with Gasteiger partial charge in [-0.3, -0.25) is 9.59 Å². The Morgan fingerprint density at radius 2 is 2.22 bits per heavy atom. The summed E-state index contributed by atoms with van der Waals surface area (Å²) in [6.07, 6.45) is 0.149. The van der Waals surface area contributed by atoms with Crippen LogP contribution in [-0.2, 0) is 11.2 Å². The lowest BCUT2D eigenvalue weighted by molar-refractivity contribution is -0.117. The molecule has 0 aliphatic rings. The van der Waals surface area contributed by atoms with E-state index in [0.29, 0.717) is 11.4 Å². The summed E-state index contributed by atoms with van der Waals surface area (Å²) in [4.78, 5) is 27.5. The minimum atomic E-state index is -0.397. The van der Waals surface area contributed by atoms with Gasteiger partial charge in [0.2, 0.25) is 5.91 Å². The van der Waals surface area contributed by atoms with E-state index in [0.717, 1.165) is 9.22 Å². The Morgan fingerprint density at radius 3 is 2.89 bits per heavy atom. The number of carbonyl (C=O) groups is 2. The van der Waals surface area contributed by atoms with E-state index in [1.807, 2.05) is 17.5 Å². The van der Waals surface area contributed by atoms with Crippen LogP contribution in [0.15, 0.2) is 27.2 Å². The number of carbonyl (C=O) groups excluding carboxylic acids is 2. The number of Topliss-reactive ketones (excluding diaryl/α,β-unsaturated/α-hetero) is 1. The minimum Gasteiger partial charge on any atom is -0.369 e. The fraction of sp³-hybridized carbons (Fsp3) is 0.182. The first-order valence-electron chi connectivity index (χ1n) is 5.07. The molecule has 94 valence electrons. The van der Waals surface area contributed by atoms with E-state index >= 15 is 0 Å². The molecule has 2 heterocycles. The van der Waals surface area contributed by atoms with Crippen LogP contribution in [0.25, 0.3) is 0 Å². The first-order valence-corrected chi connectivity index (χ1v) is 7.82. The molecule has 2 rings (SSSR count). The molecule has 4 nitrogen and oxygen atoms in total. The number of rotatable bonds is 6. The molecule has 18 heavy (non-hydrogen) atoms. The Morgan fingerprint density at radius 1 is 1.39 bits per heavy atom. The van der Waals surface area contributed by atoms with E-state index in [-0.39, 0.29) is 12.2 Å². The lowest BCUT2D eigenvalue weighted by Gasteiger charge is -1.95. The van der Waals surface area contributed by atoms with Crippen molar-refractivity contribution in [2.24, 2.45) is 5.73 Å². The maximum atomic E-state index is 11.8. The number of nitrogens with zero attached hydrogens (tertiary/aromatic N) is 1. The summed E-state index contributed by atoms with van der Waals surface area (Å²) in [7, 11) is 0. The molecule has 0 spiro atoms. The molecule has 0 aliphatic heterocycles. The van der Waals surface area contributed by atoms with Gasteiger partial charge in [-0.1, -0.05) is 17.8 Å². The van der Waals surface area contributed by atoms with Gasteiger partial charge in [0.15, 0.2) is 10.1 Å². The van der Waals surface area contributed by atoms with E-state index in [1.165, 1.54) is 34.4 Å². The SMILES string of the molecule is NC(=O)Cc1csc(SCC(=O)c2cccs2)n1. The lowest BCUT2D eigenvalue weighted by atomic mass is 10.3. The number of thiazole rings is 1. The summed E-state index contributed by atoms with van der Waals surface area (Å²) in [6.45, 7) is 0. The molecule has 0 saturated carbocycles. The van der Waals surface area contributed by atoms with Crippen LogP contribution in [-0.4, -0.2) is 22.4 Å². The monoisotopic (exact) mass is 298 g/mol. The van der Waals surface area contributed by atoms with Gasteiger partial charge in [0.25, 0.3) is 0 Å². The average Bonchev–Trinajstić information content (AvgIpc) is 2.95. The molecule has 0 unspecified atom stereocenters. The first-order chi connectivity index (χ1) is 8.65. The van der Waals surface area contributed by atoms with Gasteiger partial charge in [0.1, 0.15) is 0 Å². The second-order valence-corrected chi connectivity index (χ2v) is 6.47. The predicted molar refractivity (Wildman–Crippen MR) is 74.4 cm³/mol. The maximum absolute atomic E-state index is 11.8. The van der Waals surface area contributed by atoms with Crippen molar-refractivity contribution in [3.8, 4) is 0 Å². The van der Waals surface area contributed by atoms with E-state index in [4.69, 9.17) is 5.73 Å². The van der Waals surface area contributed by atoms with Crippen molar-refractivity contribution < 1.29 is 9.59 Å². The molecule has 0 saturated heterocycles. The van der Waals surface area contributed by atoms with Crippen molar-refractivity contribution in [3.63, 3.8) is 0 Å². The molecule has 2 N–H and O–H groups in total. The molecular weight excluding hydrogens is 288 g/mol. The topological polar surface area (TPSA) is 73.1 Å². The largest absolute Gasteiger partial charge is 0.369 e. The fourth-order valence-corrected chi connectivity index (χ4v) is 3.73. The number of thioether (sulfide) groups is 1. The van der Waals surface area contributed by atoms with Crippen LogP contribution in [0.2, 0.25) is 0 Å². The van der Waals surface area contributed by atoms with Gasteiger partial charge in [0.05, 0.1) is 22.7 Å². The molecule has 2 aromatic heterocycles. The number of nitrogens with two attached hydrogens (primary N) is 1. The van der Waals surface area contributed by atoms with E-state index in [2.05, 4.69) is 4.98 Å². The van der Waals surface area contributed by atoms with E-state index in [1.54, 1.807) is 5.38 Å². The molecular formula is C11H10N2O2S3.